The molecule has 3 rings (SSSR count). The monoisotopic (exact) mass is 324 g/mol. The molecule has 2 heterocycles. The van der Waals surface area contributed by atoms with Crippen molar-refractivity contribution in [3.8, 4) is 0 Å². The Kier molecular flexibility index (Phi) is 3.00. The number of ether oxygens (including phenoxy) is 1. The van der Waals surface area contributed by atoms with Gasteiger partial charge in [-0.2, -0.15) is 0 Å². The number of rotatable bonds is 4. The van der Waals surface area contributed by atoms with E-state index in [0.29, 0.717) is 13.2 Å². The summed E-state index contributed by atoms with van der Waals surface area (Å²) >= 11 is 3.64. The first kappa shape index (κ1) is 12.5. The highest BCUT2D eigenvalue weighted by Crippen LogP contribution is 2.53. The summed E-state index contributed by atoms with van der Waals surface area (Å²) in [6.07, 6.45) is 5.67. The Morgan fingerprint density at radius 1 is 1.63 bits per heavy atom. The highest BCUT2D eigenvalue weighted by Gasteiger charge is 2.58. The van der Waals surface area contributed by atoms with Gasteiger partial charge in [0.05, 0.1) is 29.4 Å². The molecule has 100 valence electrons. The van der Waals surface area contributed by atoms with Crippen molar-refractivity contribution in [1.29, 1.82) is 0 Å². The number of halogens is 1. The Morgan fingerprint density at radius 3 is 3.26 bits per heavy atom. The van der Waals surface area contributed by atoms with E-state index in [4.69, 9.17) is 4.74 Å². The lowest BCUT2D eigenvalue weighted by Crippen LogP contribution is -2.18. The summed E-state index contributed by atoms with van der Waals surface area (Å²) in [4.78, 5) is 24.1. The van der Waals surface area contributed by atoms with Crippen LogP contribution in [0.15, 0.2) is 18.9 Å². The van der Waals surface area contributed by atoms with Crippen molar-refractivity contribution in [2.24, 2.45) is 5.92 Å². The Labute approximate surface area is 118 Å². The molecule has 2 aromatic rings. The van der Waals surface area contributed by atoms with E-state index in [1.54, 1.807) is 12.5 Å². The van der Waals surface area contributed by atoms with Gasteiger partial charge in [0.15, 0.2) is 5.65 Å². The molecule has 2 atom stereocenters. The molecule has 1 aliphatic rings. The number of hydrogen-bond donors (Lipinski definition) is 0. The maximum Gasteiger partial charge on any atom is 0.310 e. The molecule has 0 aliphatic heterocycles. The third kappa shape index (κ3) is 2.22. The van der Waals surface area contributed by atoms with Crippen LogP contribution in [0, 0.1) is 5.92 Å². The van der Waals surface area contributed by atoms with Gasteiger partial charge < -0.3 is 9.30 Å². The summed E-state index contributed by atoms with van der Waals surface area (Å²) < 4.78 is 6.75. The minimum Gasteiger partial charge on any atom is -0.466 e. The number of hydrogen-bond acceptors (Lipinski definition) is 5. The first-order chi connectivity index (χ1) is 9.14. The smallest absolute Gasteiger partial charge is 0.310 e. The molecule has 0 bridgehead atoms. The van der Waals surface area contributed by atoms with Crippen molar-refractivity contribution < 1.29 is 9.53 Å². The van der Waals surface area contributed by atoms with Crippen molar-refractivity contribution in [3.63, 3.8) is 0 Å². The van der Waals surface area contributed by atoms with E-state index in [2.05, 4.69) is 30.9 Å². The van der Waals surface area contributed by atoms with Crippen LogP contribution in [0.25, 0.3) is 11.2 Å². The first-order valence-corrected chi connectivity index (χ1v) is 6.90. The second-order valence-electron chi connectivity index (χ2n) is 4.65. The number of aromatic nitrogens is 4. The van der Waals surface area contributed by atoms with Crippen molar-refractivity contribution in [1.82, 2.24) is 19.5 Å². The molecule has 1 aliphatic carbocycles. The Hall–Kier alpha value is -1.50. The molecule has 0 aromatic carbocycles. The Morgan fingerprint density at radius 2 is 2.47 bits per heavy atom. The molecule has 0 saturated heterocycles. The molecule has 0 radical (unpaired) electrons. The second kappa shape index (κ2) is 4.56. The maximum atomic E-state index is 11.7. The summed E-state index contributed by atoms with van der Waals surface area (Å²) in [6.45, 7) is 2.88. The second-order valence-corrected chi connectivity index (χ2v) is 6.23. The summed E-state index contributed by atoms with van der Waals surface area (Å²) in [5.74, 6) is -0.231. The number of esters is 1. The summed E-state index contributed by atoms with van der Waals surface area (Å²) in [5.41, 5.74) is 1.54. The van der Waals surface area contributed by atoms with Crippen LogP contribution in [0.3, 0.4) is 0 Å². The average Bonchev–Trinajstić information content (AvgIpc) is 2.90. The molecule has 7 heteroatoms. The lowest BCUT2D eigenvalue weighted by molar-refractivity contribution is -0.144. The lowest BCUT2D eigenvalue weighted by atomic mass is 10.3. The lowest BCUT2D eigenvalue weighted by Gasteiger charge is -2.10. The molecule has 0 spiro atoms. The zero-order chi connectivity index (χ0) is 13.5. The molecule has 0 amide bonds. The largest absolute Gasteiger partial charge is 0.466 e. The highest BCUT2D eigenvalue weighted by atomic mass is 79.9. The molecule has 6 nitrogen and oxygen atoms in total. The van der Waals surface area contributed by atoms with E-state index in [9.17, 15) is 4.79 Å². The minimum atomic E-state index is -0.238. The fraction of sp³-hybridized carbons (Fsp3) is 0.500. The fourth-order valence-corrected chi connectivity index (χ4v) is 2.99. The molecule has 1 saturated carbocycles. The number of carbonyl (C=O) groups is 1. The third-order valence-corrected chi connectivity index (χ3v) is 4.42. The predicted molar refractivity (Wildman–Crippen MR) is 71.7 cm³/mol. The third-order valence-electron chi connectivity index (χ3n) is 3.29. The van der Waals surface area contributed by atoms with Gasteiger partial charge in [0, 0.05) is 6.54 Å². The predicted octanol–water partition coefficient (Wildman–Crippen LogP) is 1.54. The fourth-order valence-electron chi connectivity index (χ4n) is 2.21. The molecule has 2 unspecified atom stereocenters. The van der Waals surface area contributed by atoms with Crippen LogP contribution in [0.5, 0.6) is 0 Å². The Bertz CT molecular complexity index is 629. The molecule has 19 heavy (non-hydrogen) atoms. The van der Waals surface area contributed by atoms with Crippen LogP contribution < -0.4 is 0 Å². The average molecular weight is 325 g/mol. The van der Waals surface area contributed by atoms with Gasteiger partial charge in [-0.25, -0.2) is 15.0 Å². The zero-order valence-corrected chi connectivity index (χ0v) is 12.0. The van der Waals surface area contributed by atoms with Gasteiger partial charge >= 0.3 is 5.97 Å². The molecule has 2 aromatic heterocycles. The van der Waals surface area contributed by atoms with Gasteiger partial charge in [0.1, 0.15) is 11.8 Å². The molecular formula is C12H13BrN4O2. The summed E-state index contributed by atoms with van der Waals surface area (Å²) in [6, 6.07) is 0. The van der Waals surface area contributed by atoms with E-state index in [1.807, 2.05) is 11.5 Å². The summed E-state index contributed by atoms with van der Waals surface area (Å²) in [7, 11) is 0. The molecule has 0 N–H and O–H groups in total. The van der Waals surface area contributed by atoms with Crippen LogP contribution in [-0.4, -0.2) is 36.4 Å². The van der Waals surface area contributed by atoms with Gasteiger partial charge in [-0.15, -0.1) is 0 Å². The van der Waals surface area contributed by atoms with Crippen molar-refractivity contribution in [2.45, 2.75) is 24.2 Å². The van der Waals surface area contributed by atoms with Gasteiger partial charge in [0.2, 0.25) is 0 Å². The topological polar surface area (TPSA) is 69.9 Å². The van der Waals surface area contributed by atoms with Gasteiger partial charge in [0.25, 0.3) is 0 Å². The van der Waals surface area contributed by atoms with Crippen molar-refractivity contribution in [3.05, 3.63) is 18.9 Å². The van der Waals surface area contributed by atoms with Gasteiger partial charge in [-0.3, -0.25) is 4.79 Å². The van der Waals surface area contributed by atoms with Crippen LogP contribution >= 0.6 is 15.9 Å². The number of fused-ring (bicyclic) bond motifs is 1. The quantitative estimate of drug-likeness (QED) is 0.630. The van der Waals surface area contributed by atoms with Crippen LogP contribution in [-0.2, 0) is 16.1 Å². The normalized spacial score (nSPS) is 25.5. The first-order valence-electron chi connectivity index (χ1n) is 6.10. The Balaban J connectivity index is 1.78. The molecular weight excluding hydrogens is 312 g/mol. The number of alkyl halides is 1. The van der Waals surface area contributed by atoms with E-state index in [1.165, 1.54) is 6.33 Å². The standard InChI is InChI=1S/C12H13BrN4O2/c1-2-19-11(18)8-3-12(8,13)5-17-7-16-9-4-14-6-15-10(9)17/h4,6-8H,2-3,5H2,1H3. The SMILES string of the molecule is CCOC(=O)C1CC1(Br)Cn1cnc2cncnc21. The van der Waals surface area contributed by atoms with E-state index in [-0.39, 0.29) is 16.2 Å². The zero-order valence-electron chi connectivity index (χ0n) is 10.4. The van der Waals surface area contributed by atoms with Gasteiger partial charge in [-0.1, -0.05) is 15.9 Å². The van der Waals surface area contributed by atoms with E-state index < -0.39 is 0 Å². The van der Waals surface area contributed by atoms with E-state index >= 15 is 0 Å². The van der Waals surface area contributed by atoms with Crippen LogP contribution in [0.1, 0.15) is 13.3 Å². The van der Waals surface area contributed by atoms with Crippen molar-refractivity contribution >= 4 is 33.1 Å². The van der Waals surface area contributed by atoms with Gasteiger partial charge in [-0.05, 0) is 13.3 Å². The number of carbonyl (C=O) groups excluding carboxylic acids is 1. The summed E-state index contributed by atoms with van der Waals surface area (Å²) in [5, 5.41) is 0. The molecule has 1 fully saturated rings. The van der Waals surface area contributed by atoms with Crippen LogP contribution in [0.4, 0.5) is 0 Å². The number of nitrogens with zero attached hydrogens (tertiary/aromatic N) is 4. The highest BCUT2D eigenvalue weighted by molar-refractivity contribution is 9.10. The van der Waals surface area contributed by atoms with E-state index in [0.717, 1.165) is 17.6 Å². The van der Waals surface area contributed by atoms with Crippen molar-refractivity contribution in [2.75, 3.05) is 6.61 Å². The number of imidazole rings is 1. The minimum absolute atomic E-state index is 0.0910. The maximum absolute atomic E-state index is 11.7. The van der Waals surface area contributed by atoms with Crippen LogP contribution in [0.2, 0.25) is 0 Å².